The van der Waals surface area contributed by atoms with Crippen molar-refractivity contribution in [1.29, 1.82) is 0 Å². The van der Waals surface area contributed by atoms with E-state index >= 15 is 0 Å². The highest BCUT2D eigenvalue weighted by atomic mass is 16.7. The number of nitrogens with one attached hydrogen (secondary N) is 1. The van der Waals surface area contributed by atoms with E-state index in [9.17, 15) is 24.0 Å². The molecule has 1 heterocycles. The van der Waals surface area contributed by atoms with Crippen molar-refractivity contribution in [3.05, 3.63) is 72.3 Å². The number of esters is 1. The van der Waals surface area contributed by atoms with Gasteiger partial charge in [-0.3, -0.25) is 9.59 Å². The molecule has 0 unspecified atom stereocenters. The number of hydrogen-bond donors (Lipinski definition) is 1. The van der Waals surface area contributed by atoms with Crippen LogP contribution in [0.25, 0.3) is 11.1 Å². The lowest BCUT2D eigenvalue weighted by Crippen LogP contribution is -2.43. The van der Waals surface area contributed by atoms with E-state index in [-0.39, 0.29) is 44.8 Å². The zero-order chi connectivity index (χ0) is 26.4. The summed E-state index contributed by atoms with van der Waals surface area (Å²) in [6.45, 7) is 3.42. The summed E-state index contributed by atoms with van der Waals surface area (Å²) in [6.07, 6.45) is -0.135. The van der Waals surface area contributed by atoms with Crippen molar-refractivity contribution >= 4 is 29.8 Å². The van der Waals surface area contributed by atoms with Crippen LogP contribution in [0.1, 0.15) is 42.7 Å². The second kappa shape index (κ2) is 11.5. The normalized spacial score (nSPS) is 15.0. The first-order chi connectivity index (χ1) is 17.9. The number of alkyl carbamates (subject to hydrolysis) is 1. The van der Waals surface area contributed by atoms with Gasteiger partial charge in [0.2, 0.25) is 0 Å². The largest absolute Gasteiger partial charge is 0.460 e. The molecule has 0 saturated carbocycles. The monoisotopic (exact) mass is 506 g/mol. The first-order valence-corrected chi connectivity index (χ1v) is 11.8. The average molecular weight is 507 g/mol. The highest BCUT2D eigenvalue weighted by Gasteiger charge is 2.34. The Hall–Kier alpha value is -4.47. The molecule has 0 spiro atoms. The molecule has 1 aliphatic heterocycles. The molecule has 1 N–H and O–H groups in total. The third-order valence-electron chi connectivity index (χ3n) is 6.10. The Morgan fingerprint density at radius 1 is 0.973 bits per heavy atom. The summed E-state index contributed by atoms with van der Waals surface area (Å²) >= 11 is 0. The molecule has 0 aromatic heterocycles. The molecule has 2 aromatic carbocycles. The van der Waals surface area contributed by atoms with Gasteiger partial charge in [0.15, 0.2) is 0 Å². The molecule has 37 heavy (non-hydrogen) atoms. The molecule has 1 fully saturated rings. The first kappa shape index (κ1) is 25.6. The highest BCUT2D eigenvalue weighted by molar-refractivity contribution is 6.01. The summed E-state index contributed by atoms with van der Waals surface area (Å²) in [4.78, 5) is 65.4. The number of nitrogens with zero attached hydrogens (tertiary/aromatic N) is 1. The molecule has 0 radical (unpaired) electrons. The second-order valence-corrected chi connectivity index (χ2v) is 8.53. The number of fused-ring (bicyclic) bond motifs is 3. The minimum absolute atomic E-state index is 0.0358. The van der Waals surface area contributed by atoms with E-state index in [4.69, 9.17) is 14.3 Å². The van der Waals surface area contributed by atoms with Gasteiger partial charge in [0, 0.05) is 18.8 Å². The van der Waals surface area contributed by atoms with E-state index in [0.717, 1.165) is 22.3 Å². The van der Waals surface area contributed by atoms with Crippen molar-refractivity contribution in [2.45, 2.75) is 37.6 Å². The summed E-state index contributed by atoms with van der Waals surface area (Å²) in [5.41, 5.74) is 4.22. The highest BCUT2D eigenvalue weighted by Crippen LogP contribution is 2.44. The van der Waals surface area contributed by atoms with E-state index in [1.54, 1.807) is 0 Å². The number of carbonyl (C=O) groups is 5. The molecule has 192 valence electrons. The smallest absolute Gasteiger partial charge is 0.407 e. The van der Waals surface area contributed by atoms with Gasteiger partial charge in [-0.05, 0) is 28.7 Å². The standard InChI is InChI=1S/C27H26N2O8/c1-2-15-35-26(33)22(11-14-25(32)37-29-23(30)12-13-24(29)31)28-27(34)36-16-21-19-9-5-3-7-17(19)18-8-4-6-10-20(18)21/h2-10,21-22H,1,11-16H2,(H,28,34)/t22-/m0/s1. The van der Waals surface area contributed by atoms with Crippen LogP contribution in [-0.4, -0.2) is 54.2 Å². The van der Waals surface area contributed by atoms with Crippen LogP contribution in [-0.2, 0) is 33.5 Å². The topological polar surface area (TPSA) is 128 Å². The Balaban J connectivity index is 1.36. The number of benzene rings is 2. The SMILES string of the molecule is C=CCOC(=O)[C@H](CCC(=O)ON1C(=O)CCC1=O)NC(=O)OCC1c2ccccc2-c2ccccc21. The predicted molar refractivity (Wildman–Crippen MR) is 130 cm³/mol. The Morgan fingerprint density at radius 2 is 1.57 bits per heavy atom. The van der Waals surface area contributed by atoms with Crippen molar-refractivity contribution in [3.63, 3.8) is 0 Å². The summed E-state index contributed by atoms with van der Waals surface area (Å²) in [6, 6.07) is 14.5. The van der Waals surface area contributed by atoms with Crippen LogP contribution in [0.15, 0.2) is 61.2 Å². The number of carbonyl (C=O) groups excluding carboxylic acids is 5. The maximum absolute atomic E-state index is 12.6. The van der Waals surface area contributed by atoms with Crippen molar-refractivity contribution in [3.8, 4) is 11.1 Å². The third-order valence-corrected chi connectivity index (χ3v) is 6.10. The number of imide groups is 1. The van der Waals surface area contributed by atoms with Gasteiger partial charge in [0.05, 0.1) is 6.42 Å². The van der Waals surface area contributed by atoms with Crippen molar-refractivity contribution in [1.82, 2.24) is 10.4 Å². The lowest BCUT2D eigenvalue weighted by molar-refractivity contribution is -0.197. The number of hydrogen-bond acceptors (Lipinski definition) is 8. The van der Waals surface area contributed by atoms with Crippen molar-refractivity contribution in [2.75, 3.05) is 13.2 Å². The second-order valence-electron chi connectivity index (χ2n) is 8.53. The summed E-state index contributed by atoms with van der Waals surface area (Å²) in [7, 11) is 0. The molecule has 1 aliphatic carbocycles. The zero-order valence-corrected chi connectivity index (χ0v) is 20.0. The summed E-state index contributed by atoms with van der Waals surface area (Å²) in [5.74, 6) is -3.10. The van der Waals surface area contributed by atoms with Crippen LogP contribution in [0.5, 0.6) is 0 Å². The molecule has 1 saturated heterocycles. The molecule has 10 heteroatoms. The molecular weight excluding hydrogens is 480 g/mol. The summed E-state index contributed by atoms with van der Waals surface area (Å²) < 4.78 is 10.5. The maximum Gasteiger partial charge on any atom is 0.407 e. The number of amides is 3. The van der Waals surface area contributed by atoms with Crippen LogP contribution in [0.4, 0.5) is 4.79 Å². The summed E-state index contributed by atoms with van der Waals surface area (Å²) in [5, 5.41) is 2.86. The van der Waals surface area contributed by atoms with Crippen LogP contribution < -0.4 is 5.32 Å². The molecule has 4 rings (SSSR count). The van der Waals surface area contributed by atoms with E-state index < -0.39 is 35.9 Å². The fourth-order valence-corrected chi connectivity index (χ4v) is 4.34. The van der Waals surface area contributed by atoms with E-state index in [0.29, 0.717) is 5.06 Å². The predicted octanol–water partition coefficient (Wildman–Crippen LogP) is 3.01. The Bertz CT molecular complexity index is 1180. The van der Waals surface area contributed by atoms with Crippen LogP contribution in [0, 0.1) is 0 Å². The van der Waals surface area contributed by atoms with Crippen LogP contribution in [0.2, 0.25) is 0 Å². The number of rotatable bonds is 10. The molecule has 2 aromatic rings. The molecular formula is C27H26N2O8. The minimum Gasteiger partial charge on any atom is -0.460 e. The molecule has 0 bridgehead atoms. The van der Waals surface area contributed by atoms with Crippen LogP contribution in [0.3, 0.4) is 0 Å². The van der Waals surface area contributed by atoms with Gasteiger partial charge in [0.1, 0.15) is 19.3 Å². The van der Waals surface area contributed by atoms with Gasteiger partial charge in [-0.15, -0.1) is 5.06 Å². The Kier molecular flexibility index (Phi) is 7.97. The van der Waals surface area contributed by atoms with E-state index in [2.05, 4.69) is 11.9 Å². The van der Waals surface area contributed by atoms with Gasteiger partial charge < -0.3 is 19.6 Å². The van der Waals surface area contributed by atoms with Gasteiger partial charge in [0.25, 0.3) is 11.8 Å². The first-order valence-electron chi connectivity index (χ1n) is 11.8. The number of ether oxygens (including phenoxy) is 2. The van der Waals surface area contributed by atoms with Crippen LogP contribution >= 0.6 is 0 Å². The molecule has 1 atom stereocenters. The van der Waals surface area contributed by atoms with Crippen molar-refractivity contribution in [2.24, 2.45) is 0 Å². The molecule has 10 nitrogen and oxygen atoms in total. The fourth-order valence-electron chi connectivity index (χ4n) is 4.34. The van der Waals surface area contributed by atoms with Gasteiger partial charge in [-0.2, -0.15) is 0 Å². The van der Waals surface area contributed by atoms with E-state index in [1.807, 2.05) is 48.5 Å². The maximum atomic E-state index is 12.6. The molecule has 3 amide bonds. The Morgan fingerprint density at radius 3 is 2.16 bits per heavy atom. The average Bonchev–Trinajstić information content (AvgIpc) is 3.40. The fraction of sp³-hybridized carbons (Fsp3) is 0.296. The van der Waals surface area contributed by atoms with Crippen molar-refractivity contribution < 1.29 is 38.3 Å². The quantitative estimate of drug-likeness (QED) is 0.296. The van der Waals surface area contributed by atoms with Gasteiger partial charge in [-0.1, -0.05) is 61.2 Å². The molecule has 2 aliphatic rings. The third kappa shape index (κ3) is 5.85. The van der Waals surface area contributed by atoms with Gasteiger partial charge >= 0.3 is 18.0 Å². The lowest BCUT2D eigenvalue weighted by atomic mass is 9.98. The Labute approximate surface area is 213 Å². The van der Waals surface area contributed by atoms with Gasteiger partial charge in [-0.25, -0.2) is 14.4 Å². The zero-order valence-electron chi connectivity index (χ0n) is 20.0. The number of hydroxylamine groups is 2. The minimum atomic E-state index is -1.23. The lowest BCUT2D eigenvalue weighted by Gasteiger charge is -2.19. The van der Waals surface area contributed by atoms with E-state index in [1.165, 1.54) is 6.08 Å².